The van der Waals surface area contributed by atoms with Crippen molar-refractivity contribution in [3.8, 4) is 0 Å². The van der Waals surface area contributed by atoms with E-state index in [1.807, 2.05) is 0 Å². The van der Waals surface area contributed by atoms with Crippen LogP contribution in [-0.4, -0.2) is 20.4 Å². The van der Waals surface area contributed by atoms with Gasteiger partial charge in [0.25, 0.3) is 11.6 Å². The number of aromatic nitrogens is 2. The highest BCUT2D eigenvalue weighted by Gasteiger charge is 2.18. The molecule has 8 heteroatoms. The van der Waals surface area contributed by atoms with Crippen LogP contribution < -0.4 is 5.32 Å². The second-order valence-electron chi connectivity index (χ2n) is 3.95. The molecule has 0 saturated heterocycles. The average Bonchev–Trinajstić information content (AvgIpc) is 2.83. The number of hydrogen-bond donors (Lipinski definition) is 1. The van der Waals surface area contributed by atoms with Crippen LogP contribution in [0.3, 0.4) is 0 Å². The molecule has 2 aromatic rings. The van der Waals surface area contributed by atoms with Crippen molar-refractivity contribution in [2.24, 2.45) is 0 Å². The number of hydrogen-bond acceptors (Lipinski definition) is 4. The van der Waals surface area contributed by atoms with Gasteiger partial charge in [0, 0.05) is 24.5 Å². The van der Waals surface area contributed by atoms with Crippen molar-refractivity contribution >= 4 is 28.9 Å². The van der Waals surface area contributed by atoms with E-state index in [0.29, 0.717) is 12.2 Å². The SMILES string of the molecule is CCn1cc([N+](=O)[O-])cc1C(=O)Nc1ccnc(Cl)c1. The number of carbonyl (C=O) groups excluding carboxylic acids is 1. The number of amides is 1. The summed E-state index contributed by atoms with van der Waals surface area (Å²) in [4.78, 5) is 26.1. The quantitative estimate of drug-likeness (QED) is 0.533. The van der Waals surface area contributed by atoms with Crippen LogP contribution in [0.4, 0.5) is 11.4 Å². The van der Waals surface area contributed by atoms with Crippen molar-refractivity contribution in [1.29, 1.82) is 0 Å². The zero-order valence-corrected chi connectivity index (χ0v) is 11.3. The third-order valence-electron chi connectivity index (χ3n) is 2.65. The standard InChI is InChI=1S/C12H11ClN4O3/c1-2-16-7-9(17(19)20)6-10(16)12(18)15-8-3-4-14-11(13)5-8/h3-7H,2H2,1H3,(H,14,15,18). The highest BCUT2D eigenvalue weighted by Crippen LogP contribution is 2.19. The Bertz CT molecular complexity index is 668. The van der Waals surface area contributed by atoms with Gasteiger partial charge >= 0.3 is 0 Å². The average molecular weight is 295 g/mol. The third kappa shape index (κ3) is 2.94. The zero-order chi connectivity index (χ0) is 14.7. The van der Waals surface area contributed by atoms with Crippen molar-refractivity contribution in [2.45, 2.75) is 13.5 Å². The van der Waals surface area contributed by atoms with Crippen LogP contribution in [0, 0.1) is 10.1 Å². The largest absolute Gasteiger partial charge is 0.337 e. The van der Waals surface area contributed by atoms with Crippen LogP contribution in [0.2, 0.25) is 5.15 Å². The van der Waals surface area contributed by atoms with E-state index in [1.54, 1.807) is 13.0 Å². The molecular formula is C12H11ClN4O3. The lowest BCUT2D eigenvalue weighted by atomic mass is 10.3. The first-order chi connectivity index (χ1) is 9.51. The van der Waals surface area contributed by atoms with Crippen LogP contribution in [0.1, 0.15) is 17.4 Å². The first kappa shape index (κ1) is 14.0. The highest BCUT2D eigenvalue weighted by atomic mass is 35.5. The summed E-state index contributed by atoms with van der Waals surface area (Å²) < 4.78 is 1.51. The number of anilines is 1. The minimum atomic E-state index is -0.535. The summed E-state index contributed by atoms with van der Waals surface area (Å²) in [5.74, 6) is -0.442. The van der Waals surface area contributed by atoms with Gasteiger partial charge in [-0.25, -0.2) is 4.98 Å². The van der Waals surface area contributed by atoms with Gasteiger partial charge in [0.15, 0.2) is 0 Å². The number of nitrogens with one attached hydrogen (secondary N) is 1. The molecule has 0 atom stereocenters. The van der Waals surface area contributed by atoms with E-state index in [-0.39, 0.29) is 16.5 Å². The van der Waals surface area contributed by atoms with E-state index in [0.717, 1.165) is 0 Å². The Morgan fingerprint density at radius 1 is 1.55 bits per heavy atom. The molecule has 0 aliphatic rings. The van der Waals surface area contributed by atoms with Gasteiger partial charge in [-0.3, -0.25) is 14.9 Å². The summed E-state index contributed by atoms with van der Waals surface area (Å²) in [6, 6.07) is 4.31. The van der Waals surface area contributed by atoms with Gasteiger partial charge in [-0.05, 0) is 19.1 Å². The van der Waals surface area contributed by atoms with Crippen molar-refractivity contribution < 1.29 is 9.72 Å². The highest BCUT2D eigenvalue weighted by molar-refractivity contribution is 6.29. The zero-order valence-electron chi connectivity index (χ0n) is 10.5. The number of halogens is 1. The fourth-order valence-corrected chi connectivity index (χ4v) is 1.90. The number of nitrogens with zero attached hydrogens (tertiary/aromatic N) is 3. The summed E-state index contributed by atoms with van der Waals surface area (Å²) in [7, 11) is 0. The Morgan fingerprint density at radius 2 is 2.30 bits per heavy atom. The minimum Gasteiger partial charge on any atom is -0.337 e. The molecule has 0 bridgehead atoms. The molecular weight excluding hydrogens is 284 g/mol. The molecule has 0 saturated carbocycles. The summed E-state index contributed by atoms with van der Waals surface area (Å²) >= 11 is 5.72. The molecule has 7 nitrogen and oxygen atoms in total. The van der Waals surface area contributed by atoms with Crippen LogP contribution in [0.25, 0.3) is 0 Å². The van der Waals surface area contributed by atoms with Crippen molar-refractivity contribution in [3.63, 3.8) is 0 Å². The van der Waals surface area contributed by atoms with Crippen LogP contribution in [0.15, 0.2) is 30.6 Å². The van der Waals surface area contributed by atoms with Crippen LogP contribution >= 0.6 is 11.6 Å². The molecule has 1 amide bonds. The Labute approximate surface area is 119 Å². The first-order valence-corrected chi connectivity index (χ1v) is 6.16. The summed E-state index contributed by atoms with van der Waals surface area (Å²) in [6.07, 6.45) is 2.79. The van der Waals surface area contributed by atoms with Gasteiger partial charge in [-0.2, -0.15) is 0 Å². The molecule has 104 valence electrons. The number of nitro groups is 1. The smallest absolute Gasteiger partial charge is 0.287 e. The third-order valence-corrected chi connectivity index (χ3v) is 2.86. The van der Waals surface area contributed by atoms with E-state index in [4.69, 9.17) is 11.6 Å². The molecule has 2 heterocycles. The fourth-order valence-electron chi connectivity index (χ4n) is 1.72. The lowest BCUT2D eigenvalue weighted by Gasteiger charge is -2.07. The maximum atomic E-state index is 12.1. The number of carbonyl (C=O) groups is 1. The summed E-state index contributed by atoms with van der Waals surface area (Å²) in [5.41, 5.74) is 0.568. The van der Waals surface area contributed by atoms with E-state index >= 15 is 0 Å². The van der Waals surface area contributed by atoms with E-state index in [9.17, 15) is 14.9 Å². The monoisotopic (exact) mass is 294 g/mol. The summed E-state index contributed by atoms with van der Waals surface area (Å²) in [6.45, 7) is 2.25. The molecule has 0 unspecified atom stereocenters. The Morgan fingerprint density at radius 3 is 2.90 bits per heavy atom. The van der Waals surface area contributed by atoms with E-state index in [1.165, 1.54) is 29.1 Å². The molecule has 0 fully saturated rings. The molecule has 0 aliphatic carbocycles. The Kier molecular flexibility index (Phi) is 3.99. The predicted molar refractivity (Wildman–Crippen MR) is 74.0 cm³/mol. The molecule has 0 aliphatic heterocycles. The lowest BCUT2D eigenvalue weighted by Crippen LogP contribution is -2.16. The molecule has 1 N–H and O–H groups in total. The molecule has 2 rings (SSSR count). The Balaban J connectivity index is 2.27. The van der Waals surface area contributed by atoms with Crippen LogP contribution in [0.5, 0.6) is 0 Å². The van der Waals surface area contributed by atoms with E-state index < -0.39 is 10.8 Å². The topological polar surface area (TPSA) is 90.1 Å². The number of pyridine rings is 1. The van der Waals surface area contributed by atoms with Crippen LogP contribution in [-0.2, 0) is 6.54 Å². The maximum Gasteiger partial charge on any atom is 0.287 e. The normalized spacial score (nSPS) is 10.3. The Hall–Kier alpha value is -2.41. The lowest BCUT2D eigenvalue weighted by molar-refractivity contribution is -0.384. The van der Waals surface area contributed by atoms with Gasteiger partial charge < -0.3 is 9.88 Å². The second kappa shape index (κ2) is 5.70. The molecule has 0 spiro atoms. The summed E-state index contributed by atoms with van der Waals surface area (Å²) in [5, 5.41) is 13.6. The second-order valence-corrected chi connectivity index (χ2v) is 4.34. The van der Waals surface area contributed by atoms with Gasteiger partial charge in [-0.15, -0.1) is 0 Å². The predicted octanol–water partition coefficient (Wildman–Crippen LogP) is 2.72. The molecule has 0 aromatic carbocycles. The fraction of sp³-hybridized carbons (Fsp3) is 0.167. The van der Waals surface area contributed by atoms with Gasteiger partial charge in [0.05, 0.1) is 11.1 Å². The number of aryl methyl sites for hydroxylation is 1. The van der Waals surface area contributed by atoms with Gasteiger partial charge in [0.2, 0.25) is 0 Å². The van der Waals surface area contributed by atoms with E-state index in [2.05, 4.69) is 10.3 Å². The van der Waals surface area contributed by atoms with Crippen molar-refractivity contribution in [1.82, 2.24) is 9.55 Å². The van der Waals surface area contributed by atoms with Gasteiger partial charge in [0.1, 0.15) is 10.8 Å². The van der Waals surface area contributed by atoms with Crippen molar-refractivity contribution in [3.05, 3.63) is 51.6 Å². The van der Waals surface area contributed by atoms with Crippen molar-refractivity contribution in [2.75, 3.05) is 5.32 Å². The van der Waals surface area contributed by atoms with Gasteiger partial charge in [-0.1, -0.05) is 11.6 Å². The molecule has 20 heavy (non-hydrogen) atoms. The first-order valence-electron chi connectivity index (χ1n) is 5.78. The molecule has 2 aromatic heterocycles. The minimum absolute atomic E-state index is 0.121. The molecule has 0 radical (unpaired) electrons. The maximum absolute atomic E-state index is 12.1. The number of rotatable bonds is 4.